The summed E-state index contributed by atoms with van der Waals surface area (Å²) in [6.07, 6.45) is 46.2. The van der Waals surface area contributed by atoms with Crippen LogP contribution in [-0.4, -0.2) is 4.98 Å². The highest BCUT2D eigenvalue weighted by Gasteiger charge is 2.26. The third kappa shape index (κ3) is 20.2. The Morgan fingerprint density at radius 1 is 0.512 bits per heavy atom. The second-order valence-electron chi connectivity index (χ2n) is 13.8. The van der Waals surface area contributed by atoms with Crippen LogP contribution in [0.25, 0.3) is 0 Å². The molecule has 2 unspecified atom stereocenters. The minimum atomic E-state index is 0.604. The Kier molecular flexibility index (Phi) is 24.4. The Labute approximate surface area is 269 Å². The minimum absolute atomic E-state index is 0.604. The van der Waals surface area contributed by atoms with Crippen LogP contribution in [0.2, 0.25) is 0 Å². The highest BCUT2D eigenvalue weighted by molar-refractivity contribution is 5.15. The van der Waals surface area contributed by atoms with Crippen LogP contribution in [0.15, 0.2) is 49.1 Å². The molecule has 1 aromatic heterocycles. The van der Waals surface area contributed by atoms with Crippen molar-refractivity contribution in [2.45, 2.75) is 200 Å². The second kappa shape index (κ2) is 27.9. The lowest BCUT2D eigenvalue weighted by molar-refractivity contribution is -0.730. The summed E-state index contributed by atoms with van der Waals surface area (Å²) in [5.41, 5.74) is 1.51. The van der Waals surface area contributed by atoms with E-state index in [-0.39, 0.29) is 0 Å². The van der Waals surface area contributed by atoms with E-state index in [1.807, 2.05) is 0 Å². The van der Waals surface area contributed by atoms with Gasteiger partial charge in [-0.05, 0) is 31.2 Å². The van der Waals surface area contributed by atoms with Gasteiger partial charge in [0.2, 0.25) is 6.33 Å². The van der Waals surface area contributed by atoms with Gasteiger partial charge in [-0.15, -0.1) is 0 Å². The molecule has 2 heteroatoms. The van der Waals surface area contributed by atoms with Gasteiger partial charge in [0.1, 0.15) is 18.4 Å². The fraction of sp³-hybridized carbons (Fsp3) is 0.780. The number of imidazole rings is 1. The van der Waals surface area contributed by atoms with Gasteiger partial charge in [-0.3, -0.25) is 4.98 Å². The van der Waals surface area contributed by atoms with E-state index in [0.717, 1.165) is 0 Å². The molecule has 0 saturated heterocycles. The van der Waals surface area contributed by atoms with Gasteiger partial charge in [0.15, 0.2) is 0 Å². The van der Waals surface area contributed by atoms with Crippen molar-refractivity contribution in [2.75, 3.05) is 0 Å². The number of unbranched alkanes of at least 4 members (excludes halogenated alkanes) is 23. The third-order valence-electron chi connectivity index (χ3n) is 9.87. The summed E-state index contributed by atoms with van der Waals surface area (Å²) in [5, 5.41) is 0. The van der Waals surface area contributed by atoms with Crippen molar-refractivity contribution in [3.63, 3.8) is 0 Å². The lowest BCUT2D eigenvalue weighted by atomic mass is 9.84. The maximum Gasteiger partial charge on any atom is 0.241 e. The van der Waals surface area contributed by atoms with Crippen LogP contribution >= 0.6 is 0 Å². The van der Waals surface area contributed by atoms with Crippen LogP contribution in [0.4, 0.5) is 0 Å². The maximum absolute atomic E-state index is 3.35. The number of aromatic amines is 1. The molecule has 0 radical (unpaired) electrons. The topological polar surface area (TPSA) is 19.7 Å². The monoisotopic (exact) mass is 594 g/mol. The zero-order chi connectivity index (χ0) is 30.5. The summed E-state index contributed by atoms with van der Waals surface area (Å²) < 4.78 is 2.51. The van der Waals surface area contributed by atoms with Crippen LogP contribution in [0.5, 0.6) is 0 Å². The molecule has 1 N–H and O–H groups in total. The third-order valence-corrected chi connectivity index (χ3v) is 9.87. The van der Waals surface area contributed by atoms with Gasteiger partial charge >= 0.3 is 0 Å². The van der Waals surface area contributed by atoms with Crippen molar-refractivity contribution < 1.29 is 4.57 Å². The smallest absolute Gasteiger partial charge is 0.241 e. The van der Waals surface area contributed by atoms with Crippen molar-refractivity contribution in [1.29, 1.82) is 0 Å². The quantitative estimate of drug-likeness (QED) is 0.0662. The Morgan fingerprint density at radius 3 is 1.35 bits per heavy atom. The molecule has 2 atom stereocenters. The predicted octanol–water partition coefficient (Wildman–Crippen LogP) is 13.3. The average Bonchev–Trinajstić information content (AvgIpc) is 3.57. The van der Waals surface area contributed by atoms with Gasteiger partial charge in [0.25, 0.3) is 0 Å². The van der Waals surface area contributed by atoms with E-state index < -0.39 is 0 Å². The standard InChI is InChI=1S/C41H72N2/c1-3-5-7-9-11-13-15-16-17-19-20-22-24-29-33-40(37-39-31-27-26-28-32-39)41(43-36-35-42-38-43)34-30-25-23-21-18-14-12-10-8-6-4-2/h26-28,31-32,35-36,38,40-41H,3-25,29-30,33-34,37H2,1-2H3/p+1. The summed E-state index contributed by atoms with van der Waals surface area (Å²) in [7, 11) is 0. The molecule has 0 fully saturated rings. The van der Waals surface area contributed by atoms with E-state index in [1.165, 1.54) is 185 Å². The Morgan fingerprint density at radius 2 is 0.930 bits per heavy atom. The molecule has 0 aliphatic rings. The molecule has 1 heterocycles. The van der Waals surface area contributed by atoms with Crippen LogP contribution in [0, 0.1) is 5.92 Å². The van der Waals surface area contributed by atoms with E-state index in [4.69, 9.17) is 0 Å². The zero-order valence-corrected chi connectivity index (χ0v) is 29.0. The van der Waals surface area contributed by atoms with Gasteiger partial charge in [-0.25, -0.2) is 4.57 Å². The van der Waals surface area contributed by atoms with E-state index >= 15 is 0 Å². The second-order valence-corrected chi connectivity index (χ2v) is 13.8. The summed E-state index contributed by atoms with van der Waals surface area (Å²) in [4.78, 5) is 3.35. The number of nitrogens with zero attached hydrogens (tertiary/aromatic N) is 1. The van der Waals surface area contributed by atoms with Crippen LogP contribution in [-0.2, 0) is 6.42 Å². The molecular weight excluding hydrogens is 520 g/mol. The fourth-order valence-electron chi connectivity index (χ4n) is 7.10. The first-order chi connectivity index (χ1) is 21.3. The molecule has 2 nitrogen and oxygen atoms in total. The van der Waals surface area contributed by atoms with E-state index in [1.54, 1.807) is 0 Å². The number of hydrogen-bond acceptors (Lipinski definition) is 0. The van der Waals surface area contributed by atoms with Gasteiger partial charge < -0.3 is 0 Å². The molecule has 0 aliphatic heterocycles. The molecule has 0 aliphatic carbocycles. The number of H-pyrrole nitrogens is 1. The van der Waals surface area contributed by atoms with Crippen LogP contribution < -0.4 is 4.57 Å². The van der Waals surface area contributed by atoms with E-state index in [9.17, 15) is 0 Å². The molecule has 2 aromatic rings. The van der Waals surface area contributed by atoms with Gasteiger partial charge in [-0.1, -0.05) is 198 Å². The van der Waals surface area contributed by atoms with Gasteiger partial charge in [0.05, 0.1) is 0 Å². The number of nitrogens with one attached hydrogen (secondary N) is 1. The van der Waals surface area contributed by atoms with Crippen molar-refractivity contribution in [1.82, 2.24) is 4.98 Å². The van der Waals surface area contributed by atoms with Gasteiger partial charge in [0, 0.05) is 5.92 Å². The Hall–Kier alpha value is -1.57. The summed E-state index contributed by atoms with van der Waals surface area (Å²) in [6.45, 7) is 4.62. The van der Waals surface area contributed by atoms with E-state index in [2.05, 4.69) is 72.5 Å². The van der Waals surface area contributed by atoms with Crippen molar-refractivity contribution in [2.24, 2.45) is 5.92 Å². The first-order valence-corrected chi connectivity index (χ1v) is 19.4. The molecule has 0 spiro atoms. The Bertz CT molecular complexity index is 798. The number of benzene rings is 1. The molecule has 0 saturated carbocycles. The fourth-order valence-corrected chi connectivity index (χ4v) is 7.10. The first kappa shape index (κ1) is 37.6. The summed E-state index contributed by atoms with van der Waals surface area (Å²) in [6, 6.07) is 11.9. The molecule has 246 valence electrons. The highest BCUT2D eigenvalue weighted by Crippen LogP contribution is 2.29. The first-order valence-electron chi connectivity index (χ1n) is 19.4. The molecule has 0 amide bonds. The molecule has 1 aromatic carbocycles. The van der Waals surface area contributed by atoms with E-state index in [0.29, 0.717) is 12.0 Å². The lowest BCUT2D eigenvalue weighted by Crippen LogP contribution is -2.42. The maximum atomic E-state index is 3.35. The Balaban J connectivity index is 1.69. The molecule has 2 rings (SSSR count). The normalized spacial score (nSPS) is 13.0. The number of aromatic nitrogens is 2. The van der Waals surface area contributed by atoms with Crippen molar-refractivity contribution >= 4 is 0 Å². The molecule has 43 heavy (non-hydrogen) atoms. The zero-order valence-electron chi connectivity index (χ0n) is 29.0. The van der Waals surface area contributed by atoms with Crippen LogP contribution in [0.3, 0.4) is 0 Å². The van der Waals surface area contributed by atoms with Gasteiger partial charge in [-0.2, -0.15) is 0 Å². The largest absolute Gasteiger partial charge is 0.250 e. The average molecular weight is 594 g/mol. The van der Waals surface area contributed by atoms with Crippen molar-refractivity contribution in [3.8, 4) is 0 Å². The highest BCUT2D eigenvalue weighted by atomic mass is 15.1. The molecular formula is C41H73N2+. The summed E-state index contributed by atoms with van der Waals surface area (Å²) in [5.74, 6) is 0.712. The number of hydrogen-bond donors (Lipinski definition) is 1. The van der Waals surface area contributed by atoms with Crippen molar-refractivity contribution in [3.05, 3.63) is 54.6 Å². The number of rotatable bonds is 31. The minimum Gasteiger partial charge on any atom is -0.250 e. The summed E-state index contributed by atoms with van der Waals surface area (Å²) >= 11 is 0. The lowest BCUT2D eigenvalue weighted by Gasteiger charge is -2.25. The van der Waals surface area contributed by atoms with Crippen LogP contribution in [0.1, 0.15) is 199 Å². The predicted molar refractivity (Wildman–Crippen MR) is 190 cm³/mol. The molecule has 0 bridgehead atoms. The SMILES string of the molecule is CCCCCCCCCCCCCCCCC(Cc1ccccc1)C(CCCCCCCCCCCCC)[n+]1cc[nH]c1.